The Bertz CT molecular complexity index is 1000. The molecule has 0 saturated carbocycles. The lowest BCUT2D eigenvalue weighted by Gasteiger charge is -2.12. The van der Waals surface area contributed by atoms with Gasteiger partial charge in [-0.15, -0.1) is 0 Å². The van der Waals surface area contributed by atoms with Crippen molar-refractivity contribution in [2.75, 3.05) is 12.4 Å². The van der Waals surface area contributed by atoms with Crippen LogP contribution in [-0.2, 0) is 6.42 Å². The zero-order chi connectivity index (χ0) is 19.2. The highest BCUT2D eigenvalue weighted by atomic mass is 16.5. The van der Waals surface area contributed by atoms with Gasteiger partial charge in [-0.1, -0.05) is 30.3 Å². The molecule has 0 atom stereocenters. The van der Waals surface area contributed by atoms with Gasteiger partial charge in [-0.25, -0.2) is 4.79 Å². The molecule has 0 aliphatic heterocycles. The number of rotatable bonds is 5. The summed E-state index contributed by atoms with van der Waals surface area (Å²) in [7, 11) is 1.64. The highest BCUT2D eigenvalue weighted by Crippen LogP contribution is 2.32. The Kier molecular flexibility index (Phi) is 5.38. The van der Waals surface area contributed by atoms with Crippen LogP contribution in [-0.4, -0.2) is 13.1 Å². The minimum atomic E-state index is -0.581. The van der Waals surface area contributed by atoms with Crippen molar-refractivity contribution in [1.29, 1.82) is 5.26 Å². The number of carbonyl (C=O) groups is 1. The predicted molar refractivity (Wildman–Crippen MR) is 106 cm³/mol. The molecule has 0 bridgehead atoms. The fraction of sp³-hybridized carbons (Fsp3) is 0.0909. The molecule has 3 rings (SSSR count). The molecule has 5 nitrogen and oxygen atoms in total. The minimum Gasteiger partial charge on any atom is -0.496 e. The number of benzene rings is 3. The van der Waals surface area contributed by atoms with Crippen molar-refractivity contribution in [3.8, 4) is 22.9 Å². The number of methoxy groups -OCH3 is 1. The van der Waals surface area contributed by atoms with Gasteiger partial charge < -0.3 is 15.8 Å². The molecular formula is C22H19N3O2. The summed E-state index contributed by atoms with van der Waals surface area (Å²) in [6.07, 6.45) is 0.728. The van der Waals surface area contributed by atoms with Crippen LogP contribution >= 0.6 is 0 Å². The van der Waals surface area contributed by atoms with Crippen molar-refractivity contribution >= 4 is 11.7 Å². The third-order valence-corrected chi connectivity index (χ3v) is 4.20. The standard InChI is InChI=1S/C22H19N3O2/c1-27-21-10-7-16(11-15-5-8-19(9-6-15)25-22(24)26)13-20(21)18-4-2-3-17(12-18)14-23/h2-10,12-13H,11H2,1H3,(H3,24,25,26). The van der Waals surface area contributed by atoms with E-state index in [9.17, 15) is 4.79 Å². The summed E-state index contributed by atoms with van der Waals surface area (Å²) in [6, 6.07) is 22.6. The van der Waals surface area contributed by atoms with Crippen molar-refractivity contribution in [2.45, 2.75) is 6.42 Å². The predicted octanol–water partition coefficient (Wildman–Crippen LogP) is 4.32. The lowest BCUT2D eigenvalue weighted by molar-refractivity contribution is 0.259. The molecule has 134 valence electrons. The van der Waals surface area contributed by atoms with Gasteiger partial charge >= 0.3 is 6.03 Å². The molecule has 3 aromatic rings. The van der Waals surface area contributed by atoms with Crippen LogP contribution < -0.4 is 15.8 Å². The smallest absolute Gasteiger partial charge is 0.316 e. The molecule has 0 saturated heterocycles. The fourth-order valence-corrected chi connectivity index (χ4v) is 2.93. The normalized spacial score (nSPS) is 10.1. The van der Waals surface area contributed by atoms with Crippen LogP contribution in [0, 0.1) is 11.3 Å². The Hall–Kier alpha value is -3.78. The lowest BCUT2D eigenvalue weighted by atomic mass is 9.97. The molecule has 0 aromatic heterocycles. The third kappa shape index (κ3) is 4.44. The second kappa shape index (κ2) is 8.07. The summed E-state index contributed by atoms with van der Waals surface area (Å²) in [6.45, 7) is 0. The number of urea groups is 1. The van der Waals surface area contributed by atoms with Gasteiger partial charge in [0.05, 0.1) is 18.7 Å². The van der Waals surface area contributed by atoms with Gasteiger partial charge in [0, 0.05) is 11.3 Å². The first-order valence-corrected chi connectivity index (χ1v) is 8.42. The average Bonchev–Trinajstić information content (AvgIpc) is 2.69. The van der Waals surface area contributed by atoms with Crippen LogP contribution in [0.1, 0.15) is 16.7 Å². The Labute approximate surface area is 158 Å². The fourth-order valence-electron chi connectivity index (χ4n) is 2.93. The Balaban J connectivity index is 1.89. The number of primary amides is 1. The van der Waals surface area contributed by atoms with Gasteiger partial charge in [-0.2, -0.15) is 5.26 Å². The zero-order valence-corrected chi connectivity index (χ0v) is 14.9. The van der Waals surface area contributed by atoms with Gasteiger partial charge in [0.2, 0.25) is 0 Å². The van der Waals surface area contributed by atoms with Gasteiger partial charge in [0.15, 0.2) is 0 Å². The van der Waals surface area contributed by atoms with Gasteiger partial charge in [0.1, 0.15) is 5.75 Å². The highest BCUT2D eigenvalue weighted by molar-refractivity contribution is 5.87. The lowest BCUT2D eigenvalue weighted by Crippen LogP contribution is -2.19. The molecule has 0 aliphatic carbocycles. The van der Waals surface area contributed by atoms with Gasteiger partial charge in [0.25, 0.3) is 0 Å². The zero-order valence-electron chi connectivity index (χ0n) is 14.9. The molecule has 0 aliphatic rings. The molecule has 27 heavy (non-hydrogen) atoms. The number of hydrogen-bond acceptors (Lipinski definition) is 3. The van der Waals surface area contributed by atoms with E-state index in [-0.39, 0.29) is 0 Å². The molecule has 0 radical (unpaired) electrons. The quantitative estimate of drug-likeness (QED) is 0.713. The monoisotopic (exact) mass is 357 g/mol. The van der Waals surface area contributed by atoms with Crippen molar-refractivity contribution in [3.05, 3.63) is 83.4 Å². The largest absolute Gasteiger partial charge is 0.496 e. The summed E-state index contributed by atoms with van der Waals surface area (Å²) in [5, 5.41) is 11.7. The molecule has 0 spiro atoms. The molecule has 5 heteroatoms. The Morgan fingerprint density at radius 3 is 2.48 bits per heavy atom. The molecule has 0 unspecified atom stereocenters. The van der Waals surface area contributed by atoms with E-state index in [1.54, 1.807) is 13.2 Å². The number of nitrogens with one attached hydrogen (secondary N) is 1. The second-order valence-corrected chi connectivity index (χ2v) is 6.09. The first kappa shape index (κ1) is 18.0. The molecule has 0 fully saturated rings. The van der Waals surface area contributed by atoms with Crippen LogP contribution in [0.25, 0.3) is 11.1 Å². The van der Waals surface area contributed by atoms with E-state index in [1.807, 2.05) is 54.6 Å². The van der Waals surface area contributed by atoms with Crippen LogP contribution in [0.15, 0.2) is 66.7 Å². The maximum absolute atomic E-state index is 10.9. The summed E-state index contributed by atoms with van der Waals surface area (Å²) in [5.74, 6) is 0.759. The first-order chi connectivity index (χ1) is 13.1. The maximum Gasteiger partial charge on any atom is 0.316 e. The molecule has 2 amide bonds. The number of anilines is 1. The summed E-state index contributed by atoms with van der Waals surface area (Å²) >= 11 is 0. The number of hydrogen-bond donors (Lipinski definition) is 2. The Morgan fingerprint density at radius 1 is 1.07 bits per heavy atom. The van der Waals surface area contributed by atoms with E-state index >= 15 is 0 Å². The number of amides is 2. The van der Waals surface area contributed by atoms with Crippen molar-refractivity contribution in [2.24, 2.45) is 5.73 Å². The molecule has 3 aromatic carbocycles. The van der Waals surface area contributed by atoms with Crippen LogP contribution in [0.4, 0.5) is 10.5 Å². The molecule has 0 heterocycles. The highest BCUT2D eigenvalue weighted by Gasteiger charge is 2.09. The van der Waals surface area contributed by atoms with E-state index < -0.39 is 6.03 Å². The van der Waals surface area contributed by atoms with E-state index in [0.29, 0.717) is 11.3 Å². The van der Waals surface area contributed by atoms with Gasteiger partial charge in [-0.05, 0) is 59.5 Å². The minimum absolute atomic E-state index is 0.581. The first-order valence-electron chi connectivity index (χ1n) is 8.42. The third-order valence-electron chi connectivity index (χ3n) is 4.20. The van der Waals surface area contributed by atoms with Crippen molar-refractivity contribution < 1.29 is 9.53 Å². The molecular weight excluding hydrogens is 338 g/mol. The second-order valence-electron chi connectivity index (χ2n) is 6.09. The van der Waals surface area contributed by atoms with Gasteiger partial charge in [-0.3, -0.25) is 0 Å². The average molecular weight is 357 g/mol. The number of nitriles is 1. The topological polar surface area (TPSA) is 88.1 Å². The SMILES string of the molecule is COc1ccc(Cc2ccc(NC(N)=O)cc2)cc1-c1cccc(C#N)c1. The number of carbonyl (C=O) groups excluding carboxylic acids is 1. The van der Waals surface area contributed by atoms with E-state index in [1.165, 1.54) is 0 Å². The van der Waals surface area contributed by atoms with Crippen molar-refractivity contribution in [3.63, 3.8) is 0 Å². The summed E-state index contributed by atoms with van der Waals surface area (Å²) in [4.78, 5) is 10.9. The van der Waals surface area contributed by atoms with Crippen LogP contribution in [0.2, 0.25) is 0 Å². The van der Waals surface area contributed by atoms with Crippen LogP contribution in [0.3, 0.4) is 0 Å². The maximum atomic E-state index is 10.9. The van der Waals surface area contributed by atoms with E-state index in [2.05, 4.69) is 17.5 Å². The Morgan fingerprint density at radius 2 is 1.81 bits per heavy atom. The van der Waals surface area contributed by atoms with E-state index in [4.69, 9.17) is 15.7 Å². The number of nitrogens with zero attached hydrogens (tertiary/aromatic N) is 1. The summed E-state index contributed by atoms with van der Waals surface area (Å²) in [5.41, 5.74) is 10.5. The molecule has 3 N–H and O–H groups in total. The number of nitrogens with two attached hydrogens (primary N) is 1. The van der Waals surface area contributed by atoms with Crippen LogP contribution in [0.5, 0.6) is 5.75 Å². The number of ether oxygens (including phenoxy) is 1. The summed E-state index contributed by atoms with van der Waals surface area (Å²) < 4.78 is 5.50. The van der Waals surface area contributed by atoms with E-state index in [0.717, 1.165) is 34.4 Å². The van der Waals surface area contributed by atoms with Crippen molar-refractivity contribution in [1.82, 2.24) is 0 Å².